The molecule has 0 radical (unpaired) electrons. The fourth-order valence-electron chi connectivity index (χ4n) is 2.35. The Bertz CT molecular complexity index is 652. The fraction of sp³-hybridized carbons (Fsp3) is 0.500. The third-order valence-corrected chi connectivity index (χ3v) is 3.29. The number of carbonyl (C=O) groups is 1. The van der Waals surface area contributed by atoms with Gasteiger partial charge in [0.05, 0.1) is 5.69 Å². The van der Waals surface area contributed by atoms with Crippen LogP contribution in [0.1, 0.15) is 35.6 Å². The monoisotopic (exact) mass is 276 g/mol. The molecule has 0 unspecified atom stereocenters. The summed E-state index contributed by atoms with van der Waals surface area (Å²) in [5, 5.41) is 18.2. The van der Waals surface area contributed by atoms with Crippen molar-refractivity contribution in [2.75, 3.05) is 0 Å². The van der Waals surface area contributed by atoms with E-state index in [0.29, 0.717) is 18.2 Å². The number of carboxylic acid groups (broad SMARTS) is 1. The summed E-state index contributed by atoms with van der Waals surface area (Å²) in [7, 11) is 1.84. The van der Waals surface area contributed by atoms with E-state index in [2.05, 4.69) is 24.0 Å². The second-order valence-electron chi connectivity index (χ2n) is 5.48. The van der Waals surface area contributed by atoms with Gasteiger partial charge in [-0.15, -0.1) is 0 Å². The van der Waals surface area contributed by atoms with Crippen molar-refractivity contribution in [1.29, 1.82) is 0 Å². The maximum absolute atomic E-state index is 11.4. The normalized spacial score (nSPS) is 11.3. The number of rotatable bonds is 4. The first-order valence-corrected chi connectivity index (χ1v) is 6.62. The first-order valence-electron chi connectivity index (χ1n) is 6.62. The highest BCUT2D eigenvalue weighted by Gasteiger charge is 2.22. The summed E-state index contributed by atoms with van der Waals surface area (Å²) in [4.78, 5) is 11.4. The minimum Gasteiger partial charge on any atom is -0.478 e. The molecule has 6 nitrogen and oxygen atoms in total. The quantitative estimate of drug-likeness (QED) is 0.929. The van der Waals surface area contributed by atoms with Crippen LogP contribution < -0.4 is 0 Å². The van der Waals surface area contributed by atoms with Crippen molar-refractivity contribution in [2.45, 2.75) is 34.2 Å². The maximum Gasteiger partial charge on any atom is 0.339 e. The van der Waals surface area contributed by atoms with Crippen molar-refractivity contribution < 1.29 is 9.90 Å². The van der Waals surface area contributed by atoms with Crippen molar-refractivity contribution in [3.63, 3.8) is 0 Å². The maximum atomic E-state index is 11.4. The van der Waals surface area contributed by atoms with Gasteiger partial charge in [-0.2, -0.15) is 10.2 Å². The van der Waals surface area contributed by atoms with Gasteiger partial charge in [-0.3, -0.25) is 9.36 Å². The predicted molar refractivity (Wildman–Crippen MR) is 75.7 cm³/mol. The number of aromatic carboxylic acids is 1. The Balaban J connectivity index is 2.60. The molecule has 1 N–H and O–H groups in total. The minimum absolute atomic E-state index is 0.227. The predicted octanol–water partition coefficient (Wildman–Crippen LogP) is 2.25. The van der Waals surface area contributed by atoms with Crippen molar-refractivity contribution in [3.8, 4) is 11.3 Å². The van der Waals surface area contributed by atoms with Gasteiger partial charge in [0.15, 0.2) is 0 Å². The number of carboxylic acids is 1. The van der Waals surface area contributed by atoms with Crippen LogP contribution in [0.3, 0.4) is 0 Å². The van der Waals surface area contributed by atoms with Crippen LogP contribution in [0.5, 0.6) is 0 Å². The lowest BCUT2D eigenvalue weighted by atomic mass is 10.1. The lowest BCUT2D eigenvalue weighted by Gasteiger charge is -2.03. The summed E-state index contributed by atoms with van der Waals surface area (Å²) in [6.07, 6.45) is 1.60. The van der Waals surface area contributed by atoms with Crippen LogP contribution in [0.25, 0.3) is 11.3 Å². The zero-order valence-corrected chi connectivity index (χ0v) is 12.5. The second-order valence-corrected chi connectivity index (χ2v) is 5.48. The minimum atomic E-state index is -0.961. The van der Waals surface area contributed by atoms with Crippen LogP contribution in [0.15, 0.2) is 6.20 Å². The molecule has 0 spiro atoms. The van der Waals surface area contributed by atoms with Gasteiger partial charge in [0.1, 0.15) is 11.3 Å². The molecule has 20 heavy (non-hydrogen) atoms. The van der Waals surface area contributed by atoms with Gasteiger partial charge in [-0.25, -0.2) is 4.79 Å². The van der Waals surface area contributed by atoms with Crippen LogP contribution in [-0.2, 0) is 13.6 Å². The van der Waals surface area contributed by atoms with Gasteiger partial charge in [0.2, 0.25) is 0 Å². The Kier molecular flexibility index (Phi) is 3.65. The van der Waals surface area contributed by atoms with E-state index in [4.69, 9.17) is 0 Å². The molecule has 0 aromatic carbocycles. The highest BCUT2D eigenvalue weighted by molar-refractivity contribution is 5.95. The number of aromatic nitrogens is 4. The zero-order chi connectivity index (χ0) is 15.0. The molecule has 0 aliphatic rings. The lowest BCUT2D eigenvalue weighted by Crippen LogP contribution is -2.04. The van der Waals surface area contributed by atoms with E-state index < -0.39 is 5.97 Å². The van der Waals surface area contributed by atoms with E-state index in [1.807, 2.05) is 20.9 Å². The number of aryl methyl sites for hydroxylation is 2. The van der Waals surface area contributed by atoms with Gasteiger partial charge in [-0.05, 0) is 19.8 Å². The van der Waals surface area contributed by atoms with E-state index in [9.17, 15) is 9.90 Å². The van der Waals surface area contributed by atoms with Crippen LogP contribution >= 0.6 is 0 Å². The number of hydrogen-bond donors (Lipinski definition) is 1. The van der Waals surface area contributed by atoms with Gasteiger partial charge in [0, 0.05) is 31.0 Å². The summed E-state index contributed by atoms with van der Waals surface area (Å²) in [6.45, 7) is 8.63. The second kappa shape index (κ2) is 5.11. The van der Waals surface area contributed by atoms with E-state index in [1.165, 1.54) is 0 Å². The molecule has 108 valence electrons. The average Bonchev–Trinajstić information content (AvgIpc) is 2.81. The molecule has 0 saturated carbocycles. The topological polar surface area (TPSA) is 72.9 Å². The Hall–Kier alpha value is -2.11. The molecule has 0 fully saturated rings. The summed E-state index contributed by atoms with van der Waals surface area (Å²) in [5.41, 5.74) is 3.25. The Morgan fingerprint density at radius 3 is 2.45 bits per heavy atom. The number of hydrogen-bond acceptors (Lipinski definition) is 3. The molecule has 2 aromatic heterocycles. The Morgan fingerprint density at radius 2 is 2.00 bits per heavy atom. The smallest absolute Gasteiger partial charge is 0.339 e. The Morgan fingerprint density at radius 1 is 1.35 bits per heavy atom. The summed E-state index contributed by atoms with van der Waals surface area (Å²) in [6, 6.07) is 0. The number of nitrogens with zero attached hydrogens (tertiary/aromatic N) is 4. The van der Waals surface area contributed by atoms with Crippen LogP contribution in [0, 0.1) is 19.8 Å². The fourth-order valence-corrected chi connectivity index (χ4v) is 2.35. The largest absolute Gasteiger partial charge is 0.478 e. The molecular weight excluding hydrogens is 256 g/mol. The third-order valence-electron chi connectivity index (χ3n) is 3.29. The van der Waals surface area contributed by atoms with E-state index >= 15 is 0 Å². The third kappa shape index (κ3) is 2.45. The van der Waals surface area contributed by atoms with Crippen molar-refractivity contribution in [2.24, 2.45) is 13.0 Å². The Labute approximate surface area is 118 Å². The SMILES string of the molecule is Cc1nn(C)c(C)c1-c1nn(CC(C)C)cc1C(=O)O. The molecule has 2 heterocycles. The summed E-state index contributed by atoms with van der Waals surface area (Å²) < 4.78 is 3.45. The van der Waals surface area contributed by atoms with Gasteiger partial charge in [-0.1, -0.05) is 13.8 Å². The molecule has 2 aromatic rings. The van der Waals surface area contributed by atoms with Crippen molar-refractivity contribution in [3.05, 3.63) is 23.1 Å². The van der Waals surface area contributed by atoms with Crippen LogP contribution in [0.4, 0.5) is 0 Å². The van der Waals surface area contributed by atoms with Crippen LogP contribution in [0.2, 0.25) is 0 Å². The zero-order valence-electron chi connectivity index (χ0n) is 12.5. The molecule has 0 amide bonds. The van der Waals surface area contributed by atoms with Crippen molar-refractivity contribution >= 4 is 5.97 Å². The molecule has 0 aliphatic heterocycles. The van der Waals surface area contributed by atoms with E-state index in [0.717, 1.165) is 17.0 Å². The summed E-state index contributed by atoms with van der Waals surface area (Å²) in [5.74, 6) is -0.557. The van der Waals surface area contributed by atoms with Gasteiger partial charge < -0.3 is 5.11 Å². The van der Waals surface area contributed by atoms with Crippen LogP contribution in [-0.4, -0.2) is 30.6 Å². The van der Waals surface area contributed by atoms with Gasteiger partial charge >= 0.3 is 5.97 Å². The standard InChI is InChI=1S/C14H20N4O2/c1-8(2)6-18-7-11(14(19)20)13(16-18)12-9(3)15-17(5)10(12)4/h7-8H,6H2,1-5H3,(H,19,20). The van der Waals surface area contributed by atoms with E-state index in [1.54, 1.807) is 15.6 Å². The molecule has 6 heteroatoms. The molecule has 0 saturated heterocycles. The molecule has 0 atom stereocenters. The summed E-state index contributed by atoms with van der Waals surface area (Å²) >= 11 is 0. The van der Waals surface area contributed by atoms with Gasteiger partial charge in [0.25, 0.3) is 0 Å². The first kappa shape index (κ1) is 14.3. The highest BCUT2D eigenvalue weighted by atomic mass is 16.4. The molecular formula is C14H20N4O2. The molecule has 0 bridgehead atoms. The lowest BCUT2D eigenvalue weighted by molar-refractivity contribution is 0.0697. The molecule has 0 aliphatic carbocycles. The first-order chi connectivity index (χ1) is 9.31. The van der Waals surface area contributed by atoms with E-state index in [-0.39, 0.29) is 5.56 Å². The highest BCUT2D eigenvalue weighted by Crippen LogP contribution is 2.28. The average molecular weight is 276 g/mol. The van der Waals surface area contributed by atoms with Crippen molar-refractivity contribution in [1.82, 2.24) is 19.6 Å². The molecule has 2 rings (SSSR count).